The summed E-state index contributed by atoms with van der Waals surface area (Å²) in [4.78, 5) is 0. The van der Waals surface area contributed by atoms with Crippen LogP contribution in [0.3, 0.4) is 0 Å². The smallest absolute Gasteiger partial charge is 0.123 e. The van der Waals surface area contributed by atoms with Gasteiger partial charge in [-0.15, -0.1) is 0 Å². The summed E-state index contributed by atoms with van der Waals surface area (Å²) >= 11 is 11.8. The van der Waals surface area contributed by atoms with Crippen LogP contribution in [0.1, 0.15) is 37.3 Å². The Balaban J connectivity index is 2.24. The van der Waals surface area contributed by atoms with E-state index < -0.39 is 12.1 Å². The Bertz CT molecular complexity index is 410. The number of rotatable bonds is 3. The number of phenols is 1. The van der Waals surface area contributed by atoms with E-state index in [-0.39, 0.29) is 11.7 Å². The number of phenolic OH excluding ortho intramolecular Hbond substituents is 1. The minimum Gasteiger partial charge on any atom is -0.507 e. The van der Waals surface area contributed by atoms with Gasteiger partial charge < -0.3 is 15.9 Å². The van der Waals surface area contributed by atoms with E-state index in [2.05, 4.69) is 0 Å². The maximum Gasteiger partial charge on any atom is 0.123 e. The highest BCUT2D eigenvalue weighted by Crippen LogP contribution is 2.39. The molecule has 2 rings (SSSR count). The third kappa shape index (κ3) is 2.75. The van der Waals surface area contributed by atoms with Gasteiger partial charge in [0.2, 0.25) is 0 Å². The molecule has 1 saturated carbocycles. The van der Waals surface area contributed by atoms with Crippen molar-refractivity contribution in [3.8, 4) is 5.75 Å². The van der Waals surface area contributed by atoms with Gasteiger partial charge in [0.25, 0.3) is 0 Å². The minimum atomic E-state index is -0.683. The summed E-state index contributed by atoms with van der Waals surface area (Å²) in [6.45, 7) is 0. The van der Waals surface area contributed by atoms with Crippen molar-refractivity contribution in [2.45, 2.75) is 37.8 Å². The van der Waals surface area contributed by atoms with Crippen LogP contribution in [-0.4, -0.2) is 16.3 Å². The Hall–Kier alpha value is -0.480. The number of benzene rings is 1. The summed E-state index contributed by atoms with van der Waals surface area (Å²) in [6, 6.07) is 2.24. The molecule has 1 aromatic rings. The molecule has 1 aliphatic carbocycles. The molecule has 100 valence electrons. The van der Waals surface area contributed by atoms with Crippen LogP contribution in [0.4, 0.5) is 0 Å². The van der Waals surface area contributed by atoms with Gasteiger partial charge in [-0.3, -0.25) is 0 Å². The van der Waals surface area contributed by atoms with E-state index in [0.717, 1.165) is 25.7 Å². The average Bonchev–Trinajstić information content (AvgIpc) is 2.79. The predicted molar refractivity (Wildman–Crippen MR) is 73.0 cm³/mol. The first-order valence-corrected chi connectivity index (χ1v) is 6.88. The summed E-state index contributed by atoms with van der Waals surface area (Å²) in [7, 11) is 0. The molecule has 18 heavy (non-hydrogen) atoms. The molecule has 0 heterocycles. The lowest BCUT2D eigenvalue weighted by atomic mass is 9.90. The highest BCUT2D eigenvalue weighted by molar-refractivity contribution is 6.35. The van der Waals surface area contributed by atoms with Crippen molar-refractivity contribution >= 4 is 23.2 Å². The van der Waals surface area contributed by atoms with Gasteiger partial charge in [-0.05, 0) is 30.9 Å². The molecule has 1 fully saturated rings. The molecular weight excluding hydrogens is 273 g/mol. The number of hydrogen-bond acceptors (Lipinski definition) is 3. The second kappa shape index (κ2) is 5.66. The number of aliphatic hydroxyl groups is 1. The van der Waals surface area contributed by atoms with Crippen LogP contribution in [0, 0.1) is 5.92 Å². The van der Waals surface area contributed by atoms with Crippen molar-refractivity contribution in [2.75, 3.05) is 0 Å². The van der Waals surface area contributed by atoms with E-state index in [1.54, 1.807) is 0 Å². The van der Waals surface area contributed by atoms with Crippen LogP contribution in [-0.2, 0) is 0 Å². The molecule has 0 saturated heterocycles. The topological polar surface area (TPSA) is 66.5 Å². The van der Waals surface area contributed by atoms with Crippen molar-refractivity contribution in [1.29, 1.82) is 0 Å². The van der Waals surface area contributed by atoms with Gasteiger partial charge in [0.15, 0.2) is 0 Å². The molecule has 3 nitrogen and oxygen atoms in total. The first-order valence-electron chi connectivity index (χ1n) is 6.12. The highest BCUT2D eigenvalue weighted by atomic mass is 35.5. The third-order valence-electron chi connectivity index (χ3n) is 3.66. The third-order valence-corrected chi connectivity index (χ3v) is 4.19. The summed E-state index contributed by atoms with van der Waals surface area (Å²) in [5, 5.41) is 20.8. The lowest BCUT2D eigenvalue weighted by Gasteiger charge is -2.25. The molecule has 0 unspecified atom stereocenters. The first kappa shape index (κ1) is 13.9. The second-order valence-corrected chi connectivity index (χ2v) is 5.72. The molecule has 0 spiro atoms. The van der Waals surface area contributed by atoms with Crippen LogP contribution in [0.25, 0.3) is 0 Å². The first-order chi connectivity index (χ1) is 8.50. The van der Waals surface area contributed by atoms with Crippen molar-refractivity contribution in [2.24, 2.45) is 11.7 Å². The van der Waals surface area contributed by atoms with Crippen molar-refractivity contribution in [3.63, 3.8) is 0 Å². The molecule has 2 atom stereocenters. The number of aliphatic hydroxyl groups excluding tert-OH is 1. The Labute approximate surface area is 117 Å². The SMILES string of the molecule is N[C@H](c1c(O)cc(Cl)cc1Cl)[C@@H](O)C1CCCC1. The van der Waals surface area contributed by atoms with Crippen LogP contribution >= 0.6 is 23.2 Å². The average molecular weight is 290 g/mol. The normalized spacial score (nSPS) is 20.0. The highest BCUT2D eigenvalue weighted by Gasteiger charge is 2.31. The van der Waals surface area contributed by atoms with Crippen LogP contribution in [0.15, 0.2) is 12.1 Å². The Kier molecular flexibility index (Phi) is 4.38. The molecular formula is C13H17Cl2NO2. The Morgan fingerprint density at radius 2 is 1.83 bits per heavy atom. The van der Waals surface area contributed by atoms with Crippen molar-refractivity contribution < 1.29 is 10.2 Å². The zero-order chi connectivity index (χ0) is 13.3. The van der Waals surface area contributed by atoms with Crippen molar-refractivity contribution in [1.82, 2.24) is 0 Å². The lowest BCUT2D eigenvalue weighted by Crippen LogP contribution is -2.32. The van der Waals surface area contributed by atoms with Crippen molar-refractivity contribution in [3.05, 3.63) is 27.7 Å². The Morgan fingerprint density at radius 3 is 2.39 bits per heavy atom. The van der Waals surface area contributed by atoms with E-state index in [0.29, 0.717) is 15.6 Å². The largest absolute Gasteiger partial charge is 0.507 e. The quantitative estimate of drug-likeness (QED) is 0.800. The summed E-state index contributed by atoms with van der Waals surface area (Å²) in [5.74, 6) is 0.128. The molecule has 5 heteroatoms. The predicted octanol–water partition coefficient (Wildman–Crippen LogP) is 3.25. The van der Waals surface area contributed by atoms with Crippen LogP contribution < -0.4 is 5.73 Å². The van der Waals surface area contributed by atoms with Gasteiger partial charge in [0.1, 0.15) is 5.75 Å². The standard InChI is InChI=1S/C13H17Cl2NO2/c14-8-5-9(15)11(10(17)6-8)12(16)13(18)7-3-1-2-4-7/h5-7,12-13,17-18H,1-4,16H2/t12-,13+/m1/s1. The maximum atomic E-state index is 10.3. The van der Waals surface area contributed by atoms with Gasteiger partial charge in [-0.1, -0.05) is 36.0 Å². The van der Waals surface area contributed by atoms with E-state index in [9.17, 15) is 10.2 Å². The number of aromatic hydroxyl groups is 1. The van der Waals surface area contributed by atoms with E-state index >= 15 is 0 Å². The van der Waals surface area contributed by atoms with E-state index in [1.807, 2.05) is 0 Å². The fourth-order valence-electron chi connectivity index (χ4n) is 2.66. The molecule has 0 radical (unpaired) electrons. The fraction of sp³-hybridized carbons (Fsp3) is 0.538. The van der Waals surface area contributed by atoms with Gasteiger partial charge >= 0.3 is 0 Å². The zero-order valence-corrected chi connectivity index (χ0v) is 11.5. The summed E-state index contributed by atoms with van der Waals surface area (Å²) in [6.07, 6.45) is 3.50. The second-order valence-electron chi connectivity index (χ2n) is 4.88. The summed E-state index contributed by atoms with van der Waals surface area (Å²) < 4.78 is 0. The summed E-state index contributed by atoms with van der Waals surface area (Å²) in [5.41, 5.74) is 6.41. The van der Waals surface area contributed by atoms with Gasteiger partial charge in [-0.25, -0.2) is 0 Å². The van der Waals surface area contributed by atoms with E-state index in [4.69, 9.17) is 28.9 Å². The molecule has 0 aliphatic heterocycles. The fourth-order valence-corrected chi connectivity index (χ4v) is 3.27. The molecule has 1 aliphatic rings. The molecule has 0 amide bonds. The van der Waals surface area contributed by atoms with E-state index in [1.165, 1.54) is 12.1 Å². The molecule has 0 bridgehead atoms. The number of hydrogen-bond donors (Lipinski definition) is 3. The number of nitrogens with two attached hydrogens (primary N) is 1. The van der Waals surface area contributed by atoms with Gasteiger partial charge in [-0.2, -0.15) is 0 Å². The molecule has 1 aromatic carbocycles. The minimum absolute atomic E-state index is 0.0583. The molecule has 4 N–H and O–H groups in total. The van der Waals surface area contributed by atoms with Crippen LogP contribution in [0.2, 0.25) is 10.0 Å². The van der Waals surface area contributed by atoms with Gasteiger partial charge in [0, 0.05) is 10.6 Å². The maximum absolute atomic E-state index is 10.3. The zero-order valence-electron chi connectivity index (χ0n) is 9.94. The molecule has 0 aromatic heterocycles. The number of halogens is 2. The lowest BCUT2D eigenvalue weighted by molar-refractivity contribution is 0.0836. The monoisotopic (exact) mass is 289 g/mol. The van der Waals surface area contributed by atoms with Gasteiger partial charge in [0.05, 0.1) is 17.2 Å². The Morgan fingerprint density at radius 1 is 1.22 bits per heavy atom. The van der Waals surface area contributed by atoms with Crippen LogP contribution in [0.5, 0.6) is 5.75 Å².